The minimum atomic E-state index is -0.414. The van der Waals surface area contributed by atoms with Crippen molar-refractivity contribution in [3.63, 3.8) is 0 Å². The SMILES string of the molecule is CCOCCOC(C)C(=O)NCCNC1CCCCCC1. The van der Waals surface area contributed by atoms with Crippen molar-refractivity contribution in [2.24, 2.45) is 0 Å². The van der Waals surface area contributed by atoms with Gasteiger partial charge in [0.15, 0.2) is 0 Å². The zero-order chi connectivity index (χ0) is 15.3. The lowest BCUT2D eigenvalue weighted by Crippen LogP contribution is -2.41. The molecular weight excluding hydrogens is 268 g/mol. The molecule has 124 valence electrons. The zero-order valence-electron chi connectivity index (χ0n) is 13.7. The van der Waals surface area contributed by atoms with Gasteiger partial charge in [-0.15, -0.1) is 0 Å². The highest BCUT2D eigenvalue weighted by Gasteiger charge is 2.13. The Balaban J connectivity index is 2.01. The average Bonchev–Trinajstić information content (AvgIpc) is 2.76. The molecule has 0 radical (unpaired) electrons. The molecule has 0 bridgehead atoms. The number of hydrogen-bond acceptors (Lipinski definition) is 4. The van der Waals surface area contributed by atoms with Crippen LogP contribution >= 0.6 is 0 Å². The maximum atomic E-state index is 11.8. The Morgan fingerprint density at radius 1 is 1.14 bits per heavy atom. The van der Waals surface area contributed by atoms with Crippen LogP contribution in [0, 0.1) is 0 Å². The van der Waals surface area contributed by atoms with Gasteiger partial charge in [0.25, 0.3) is 0 Å². The molecule has 0 saturated heterocycles. The monoisotopic (exact) mass is 300 g/mol. The average molecular weight is 300 g/mol. The summed E-state index contributed by atoms with van der Waals surface area (Å²) >= 11 is 0. The molecule has 5 heteroatoms. The normalized spacial score (nSPS) is 18.2. The van der Waals surface area contributed by atoms with Crippen LogP contribution in [0.5, 0.6) is 0 Å². The highest BCUT2D eigenvalue weighted by Crippen LogP contribution is 2.16. The summed E-state index contributed by atoms with van der Waals surface area (Å²) in [6.45, 7) is 6.89. The molecule has 1 fully saturated rings. The van der Waals surface area contributed by atoms with Crippen molar-refractivity contribution in [2.45, 2.75) is 64.5 Å². The summed E-state index contributed by atoms with van der Waals surface area (Å²) in [7, 11) is 0. The van der Waals surface area contributed by atoms with Gasteiger partial charge in [-0.3, -0.25) is 4.79 Å². The number of nitrogens with one attached hydrogen (secondary N) is 2. The van der Waals surface area contributed by atoms with Crippen LogP contribution in [0.25, 0.3) is 0 Å². The first-order chi connectivity index (χ1) is 10.2. The van der Waals surface area contributed by atoms with Gasteiger partial charge in [-0.1, -0.05) is 25.7 Å². The molecule has 1 aliphatic rings. The Bertz CT molecular complexity index is 266. The van der Waals surface area contributed by atoms with E-state index in [-0.39, 0.29) is 5.91 Å². The van der Waals surface area contributed by atoms with Crippen LogP contribution < -0.4 is 10.6 Å². The van der Waals surface area contributed by atoms with Gasteiger partial charge in [-0.25, -0.2) is 0 Å². The van der Waals surface area contributed by atoms with Gasteiger partial charge in [-0.05, 0) is 26.7 Å². The Labute approximate surface area is 129 Å². The van der Waals surface area contributed by atoms with Crippen molar-refractivity contribution < 1.29 is 14.3 Å². The first-order valence-corrected chi connectivity index (χ1v) is 8.44. The van der Waals surface area contributed by atoms with Crippen LogP contribution in [0.2, 0.25) is 0 Å². The maximum Gasteiger partial charge on any atom is 0.248 e. The van der Waals surface area contributed by atoms with Gasteiger partial charge in [-0.2, -0.15) is 0 Å². The van der Waals surface area contributed by atoms with Crippen molar-refractivity contribution in [1.82, 2.24) is 10.6 Å². The van der Waals surface area contributed by atoms with E-state index >= 15 is 0 Å². The molecule has 0 aromatic carbocycles. The van der Waals surface area contributed by atoms with Crippen molar-refractivity contribution in [1.29, 1.82) is 0 Å². The standard InChI is InChI=1S/C16H32N2O3/c1-3-20-12-13-21-14(2)16(19)18-11-10-17-15-8-6-4-5-7-9-15/h14-15,17H,3-13H2,1-2H3,(H,18,19). The lowest BCUT2D eigenvalue weighted by Gasteiger charge is -2.17. The summed E-state index contributed by atoms with van der Waals surface area (Å²) in [5.74, 6) is -0.0471. The van der Waals surface area contributed by atoms with E-state index in [2.05, 4.69) is 10.6 Å². The van der Waals surface area contributed by atoms with Crippen LogP contribution in [0.15, 0.2) is 0 Å². The summed E-state index contributed by atoms with van der Waals surface area (Å²) in [4.78, 5) is 11.8. The molecular formula is C16H32N2O3. The van der Waals surface area contributed by atoms with Crippen molar-refractivity contribution in [2.75, 3.05) is 32.9 Å². The number of carbonyl (C=O) groups excluding carboxylic acids is 1. The Hall–Kier alpha value is -0.650. The molecule has 21 heavy (non-hydrogen) atoms. The van der Waals surface area contributed by atoms with Crippen LogP contribution in [0.4, 0.5) is 0 Å². The van der Waals surface area contributed by atoms with E-state index in [0.29, 0.717) is 32.4 Å². The topological polar surface area (TPSA) is 59.6 Å². The van der Waals surface area contributed by atoms with Crippen LogP contribution in [0.1, 0.15) is 52.4 Å². The minimum absolute atomic E-state index is 0.0471. The van der Waals surface area contributed by atoms with Crippen molar-refractivity contribution in [3.8, 4) is 0 Å². The van der Waals surface area contributed by atoms with Crippen molar-refractivity contribution >= 4 is 5.91 Å². The third-order valence-corrected chi connectivity index (χ3v) is 3.88. The molecule has 1 atom stereocenters. The number of carbonyl (C=O) groups is 1. The Morgan fingerprint density at radius 2 is 1.86 bits per heavy atom. The van der Waals surface area contributed by atoms with Crippen LogP contribution in [-0.4, -0.2) is 51.0 Å². The third-order valence-electron chi connectivity index (χ3n) is 3.88. The van der Waals surface area contributed by atoms with E-state index in [1.807, 2.05) is 6.92 Å². The molecule has 0 aromatic heterocycles. The summed E-state index contributed by atoms with van der Waals surface area (Å²) < 4.78 is 10.6. The van der Waals surface area contributed by atoms with E-state index in [1.54, 1.807) is 6.92 Å². The van der Waals surface area contributed by atoms with E-state index < -0.39 is 6.10 Å². The lowest BCUT2D eigenvalue weighted by atomic mass is 10.1. The van der Waals surface area contributed by atoms with E-state index in [0.717, 1.165) is 6.54 Å². The molecule has 1 unspecified atom stereocenters. The molecule has 1 aliphatic carbocycles. The summed E-state index contributed by atoms with van der Waals surface area (Å²) in [5, 5.41) is 6.45. The molecule has 0 aliphatic heterocycles. The fourth-order valence-corrected chi connectivity index (χ4v) is 2.59. The smallest absolute Gasteiger partial charge is 0.248 e. The van der Waals surface area contributed by atoms with E-state index in [4.69, 9.17) is 9.47 Å². The largest absolute Gasteiger partial charge is 0.379 e. The molecule has 5 nitrogen and oxygen atoms in total. The third kappa shape index (κ3) is 9.06. The van der Waals surface area contributed by atoms with Gasteiger partial charge in [0.1, 0.15) is 6.10 Å². The van der Waals surface area contributed by atoms with Gasteiger partial charge >= 0.3 is 0 Å². The minimum Gasteiger partial charge on any atom is -0.379 e. The molecule has 1 rings (SSSR count). The second-order valence-electron chi connectivity index (χ2n) is 5.64. The van der Waals surface area contributed by atoms with Crippen LogP contribution in [-0.2, 0) is 14.3 Å². The number of amides is 1. The first-order valence-electron chi connectivity index (χ1n) is 8.44. The molecule has 0 spiro atoms. The van der Waals surface area contributed by atoms with Crippen molar-refractivity contribution in [3.05, 3.63) is 0 Å². The van der Waals surface area contributed by atoms with E-state index in [1.165, 1.54) is 38.5 Å². The molecule has 1 amide bonds. The summed E-state index contributed by atoms with van der Waals surface area (Å²) in [6.07, 6.45) is 7.51. The maximum absolute atomic E-state index is 11.8. The van der Waals surface area contributed by atoms with Gasteiger partial charge in [0.2, 0.25) is 5.91 Å². The number of ether oxygens (including phenoxy) is 2. The number of hydrogen-bond donors (Lipinski definition) is 2. The van der Waals surface area contributed by atoms with E-state index in [9.17, 15) is 4.79 Å². The second kappa shape index (κ2) is 12.0. The molecule has 1 saturated carbocycles. The number of rotatable bonds is 10. The molecule has 0 heterocycles. The Morgan fingerprint density at radius 3 is 2.52 bits per heavy atom. The second-order valence-corrected chi connectivity index (χ2v) is 5.64. The summed E-state index contributed by atoms with van der Waals surface area (Å²) in [6, 6.07) is 0.629. The lowest BCUT2D eigenvalue weighted by molar-refractivity contribution is -0.132. The first kappa shape index (κ1) is 18.4. The predicted octanol–water partition coefficient (Wildman–Crippen LogP) is 1.86. The van der Waals surface area contributed by atoms with Gasteiger partial charge < -0.3 is 20.1 Å². The fourth-order valence-electron chi connectivity index (χ4n) is 2.59. The quantitative estimate of drug-likeness (QED) is 0.477. The zero-order valence-corrected chi connectivity index (χ0v) is 13.7. The highest BCUT2D eigenvalue weighted by atomic mass is 16.5. The van der Waals surface area contributed by atoms with Gasteiger partial charge in [0, 0.05) is 25.7 Å². The molecule has 0 aromatic rings. The fraction of sp³-hybridized carbons (Fsp3) is 0.938. The van der Waals surface area contributed by atoms with Crippen LogP contribution in [0.3, 0.4) is 0 Å². The predicted molar refractivity (Wildman–Crippen MR) is 84.4 cm³/mol. The van der Waals surface area contributed by atoms with Gasteiger partial charge in [0.05, 0.1) is 13.2 Å². The summed E-state index contributed by atoms with van der Waals surface area (Å²) in [5.41, 5.74) is 0. The molecule has 2 N–H and O–H groups in total. The Kier molecular flexibility index (Phi) is 10.5. The highest BCUT2D eigenvalue weighted by molar-refractivity contribution is 5.80.